The van der Waals surface area contributed by atoms with Crippen LogP contribution in [0.2, 0.25) is 5.02 Å². The van der Waals surface area contributed by atoms with Gasteiger partial charge < -0.3 is 14.8 Å². The van der Waals surface area contributed by atoms with E-state index in [1.165, 1.54) is 12.4 Å². The molecule has 2 heterocycles. The fourth-order valence-electron chi connectivity index (χ4n) is 2.56. The first-order valence-corrected chi connectivity index (χ1v) is 8.09. The maximum absolute atomic E-state index is 12.9. The number of rotatable bonds is 7. The summed E-state index contributed by atoms with van der Waals surface area (Å²) in [6, 6.07) is 5.17. The molecule has 1 aliphatic heterocycles. The summed E-state index contributed by atoms with van der Waals surface area (Å²) in [6.45, 7) is -1.29. The van der Waals surface area contributed by atoms with Gasteiger partial charge in [0.15, 0.2) is 0 Å². The zero-order chi connectivity index (χ0) is 16.9. The smallest absolute Gasteiger partial charge is 0.319 e. The second kappa shape index (κ2) is 7.81. The van der Waals surface area contributed by atoms with E-state index in [-0.39, 0.29) is 18.5 Å². The summed E-state index contributed by atoms with van der Waals surface area (Å²) in [4.78, 5) is 3.94. The van der Waals surface area contributed by atoms with Crippen molar-refractivity contribution < 1.29 is 18.3 Å². The summed E-state index contributed by atoms with van der Waals surface area (Å²) in [5.41, 5.74) is 0.629. The summed E-state index contributed by atoms with van der Waals surface area (Å²) >= 11 is 6.03. The molecule has 130 valence electrons. The van der Waals surface area contributed by atoms with Crippen molar-refractivity contribution in [3.63, 3.8) is 0 Å². The van der Waals surface area contributed by atoms with Crippen LogP contribution < -0.4 is 10.1 Å². The molecular formula is C16H18ClF2N3O2. The van der Waals surface area contributed by atoms with E-state index in [0.717, 1.165) is 24.0 Å². The van der Waals surface area contributed by atoms with Crippen molar-refractivity contribution in [1.29, 1.82) is 0 Å². The van der Waals surface area contributed by atoms with E-state index in [1.54, 1.807) is 18.2 Å². The summed E-state index contributed by atoms with van der Waals surface area (Å²) in [5, 5.41) is 3.59. The zero-order valence-corrected chi connectivity index (χ0v) is 13.7. The predicted octanol–water partition coefficient (Wildman–Crippen LogP) is 4.10. The van der Waals surface area contributed by atoms with E-state index >= 15 is 0 Å². The SMILES string of the molecule is FC(F)n1ccnc1CNc1cc(Cl)ccc1OC[C@@H]1CCCO1. The number of benzene rings is 1. The molecule has 0 spiro atoms. The average molecular weight is 358 g/mol. The van der Waals surface area contributed by atoms with Gasteiger partial charge in [0, 0.05) is 24.0 Å². The molecule has 0 aliphatic carbocycles. The van der Waals surface area contributed by atoms with Gasteiger partial charge in [0.2, 0.25) is 0 Å². The topological polar surface area (TPSA) is 48.3 Å². The van der Waals surface area contributed by atoms with Crippen LogP contribution in [-0.4, -0.2) is 28.9 Å². The maximum atomic E-state index is 12.9. The molecule has 2 aromatic rings. The molecule has 0 amide bonds. The van der Waals surface area contributed by atoms with Crippen LogP contribution in [0.5, 0.6) is 5.75 Å². The maximum Gasteiger partial charge on any atom is 0.319 e. The van der Waals surface area contributed by atoms with Gasteiger partial charge >= 0.3 is 6.55 Å². The van der Waals surface area contributed by atoms with Gasteiger partial charge in [-0.3, -0.25) is 4.57 Å². The zero-order valence-electron chi connectivity index (χ0n) is 12.9. The minimum absolute atomic E-state index is 0.0891. The summed E-state index contributed by atoms with van der Waals surface area (Å²) < 4.78 is 37.9. The van der Waals surface area contributed by atoms with Crippen molar-refractivity contribution in [1.82, 2.24) is 9.55 Å². The second-order valence-electron chi connectivity index (χ2n) is 5.47. The molecule has 8 heteroatoms. The minimum Gasteiger partial charge on any atom is -0.489 e. The summed E-state index contributed by atoms with van der Waals surface area (Å²) in [6.07, 6.45) is 4.69. The Hall–Kier alpha value is -1.86. The highest BCUT2D eigenvalue weighted by molar-refractivity contribution is 6.30. The molecule has 1 N–H and O–H groups in total. The summed E-state index contributed by atoms with van der Waals surface area (Å²) in [7, 11) is 0. The van der Waals surface area contributed by atoms with Crippen molar-refractivity contribution >= 4 is 17.3 Å². The van der Waals surface area contributed by atoms with Crippen LogP contribution >= 0.6 is 11.6 Å². The third-order valence-corrected chi connectivity index (χ3v) is 4.02. The van der Waals surface area contributed by atoms with Crippen molar-refractivity contribution in [3.8, 4) is 5.75 Å². The van der Waals surface area contributed by atoms with E-state index < -0.39 is 6.55 Å². The highest BCUT2D eigenvalue weighted by Crippen LogP contribution is 2.29. The molecule has 1 saturated heterocycles. The number of ether oxygens (including phenoxy) is 2. The first kappa shape index (κ1) is 17.0. The summed E-state index contributed by atoms with van der Waals surface area (Å²) in [5.74, 6) is 0.833. The van der Waals surface area contributed by atoms with Crippen LogP contribution in [0.25, 0.3) is 0 Å². The number of nitrogens with one attached hydrogen (secondary N) is 1. The lowest BCUT2D eigenvalue weighted by Crippen LogP contribution is -2.17. The second-order valence-corrected chi connectivity index (χ2v) is 5.90. The number of halogens is 3. The molecule has 3 rings (SSSR count). The van der Waals surface area contributed by atoms with E-state index in [1.807, 2.05) is 0 Å². The quantitative estimate of drug-likeness (QED) is 0.810. The Morgan fingerprint density at radius 2 is 2.33 bits per heavy atom. The van der Waals surface area contributed by atoms with Crippen molar-refractivity contribution in [2.45, 2.75) is 32.0 Å². The highest BCUT2D eigenvalue weighted by atomic mass is 35.5. The van der Waals surface area contributed by atoms with E-state index in [4.69, 9.17) is 21.1 Å². The molecule has 24 heavy (non-hydrogen) atoms. The fourth-order valence-corrected chi connectivity index (χ4v) is 2.73. The minimum atomic E-state index is -2.63. The van der Waals surface area contributed by atoms with Crippen LogP contribution in [0.15, 0.2) is 30.6 Å². The molecule has 1 fully saturated rings. The van der Waals surface area contributed by atoms with E-state index in [0.29, 0.717) is 23.1 Å². The van der Waals surface area contributed by atoms with Gasteiger partial charge in [-0.25, -0.2) is 4.98 Å². The first-order valence-electron chi connectivity index (χ1n) is 7.71. The molecular weight excluding hydrogens is 340 g/mol. The van der Waals surface area contributed by atoms with Crippen molar-refractivity contribution in [3.05, 3.63) is 41.4 Å². The molecule has 1 aromatic heterocycles. The number of alkyl halides is 2. The lowest BCUT2D eigenvalue weighted by molar-refractivity contribution is 0.0670. The number of aromatic nitrogens is 2. The molecule has 0 unspecified atom stereocenters. The average Bonchev–Trinajstić information content (AvgIpc) is 3.23. The molecule has 0 bridgehead atoms. The van der Waals surface area contributed by atoms with Gasteiger partial charge in [-0.2, -0.15) is 8.78 Å². The van der Waals surface area contributed by atoms with E-state index in [2.05, 4.69) is 10.3 Å². The van der Waals surface area contributed by atoms with Crippen LogP contribution in [0, 0.1) is 0 Å². The predicted molar refractivity (Wildman–Crippen MR) is 86.7 cm³/mol. The Bertz CT molecular complexity index is 675. The van der Waals surface area contributed by atoms with Gasteiger partial charge in [0.25, 0.3) is 0 Å². The van der Waals surface area contributed by atoms with Crippen LogP contribution in [0.3, 0.4) is 0 Å². The lowest BCUT2D eigenvalue weighted by atomic mass is 10.2. The molecule has 1 aliphatic rings. The third kappa shape index (κ3) is 4.15. The molecule has 0 saturated carbocycles. The van der Waals surface area contributed by atoms with E-state index in [9.17, 15) is 8.78 Å². The Morgan fingerprint density at radius 1 is 1.46 bits per heavy atom. The van der Waals surface area contributed by atoms with Gasteiger partial charge in [-0.1, -0.05) is 11.6 Å². The largest absolute Gasteiger partial charge is 0.489 e. The third-order valence-electron chi connectivity index (χ3n) is 3.79. The van der Waals surface area contributed by atoms with Crippen LogP contribution in [0.1, 0.15) is 25.2 Å². The Labute approximate surface area is 143 Å². The van der Waals surface area contributed by atoms with Crippen molar-refractivity contribution in [2.24, 2.45) is 0 Å². The lowest BCUT2D eigenvalue weighted by Gasteiger charge is -2.16. The molecule has 1 atom stereocenters. The van der Waals surface area contributed by atoms with Gasteiger partial charge in [0.05, 0.1) is 18.3 Å². The first-order chi connectivity index (χ1) is 11.6. The Balaban J connectivity index is 1.67. The van der Waals surface area contributed by atoms with Crippen molar-refractivity contribution in [2.75, 3.05) is 18.5 Å². The normalized spacial score (nSPS) is 17.4. The van der Waals surface area contributed by atoms with Gasteiger partial charge in [-0.15, -0.1) is 0 Å². The van der Waals surface area contributed by atoms with Crippen LogP contribution in [0.4, 0.5) is 14.5 Å². The number of imidazole rings is 1. The number of anilines is 1. The standard InChI is InChI=1S/C16H18ClF2N3O2/c17-11-3-4-14(24-10-12-2-1-7-23-12)13(8-11)21-9-15-20-5-6-22(15)16(18)19/h3-6,8,12,16,21H,1-2,7,9-10H2/t12-/m0/s1. The molecule has 1 aromatic carbocycles. The van der Waals surface area contributed by atoms with Gasteiger partial charge in [-0.05, 0) is 31.0 Å². The number of hydrogen-bond donors (Lipinski definition) is 1. The Morgan fingerprint density at radius 3 is 3.08 bits per heavy atom. The fraction of sp³-hybridized carbons (Fsp3) is 0.438. The monoisotopic (exact) mass is 357 g/mol. The van der Waals surface area contributed by atoms with Crippen LogP contribution in [-0.2, 0) is 11.3 Å². The Kier molecular flexibility index (Phi) is 5.52. The number of hydrogen-bond acceptors (Lipinski definition) is 4. The number of nitrogens with zero attached hydrogens (tertiary/aromatic N) is 2. The highest BCUT2D eigenvalue weighted by Gasteiger charge is 2.17. The van der Waals surface area contributed by atoms with Gasteiger partial charge in [0.1, 0.15) is 18.2 Å². The molecule has 5 nitrogen and oxygen atoms in total. The molecule has 0 radical (unpaired) electrons.